The molecular formula is C37H24O2. The van der Waals surface area contributed by atoms with Gasteiger partial charge in [-0.25, -0.2) is 4.79 Å². The van der Waals surface area contributed by atoms with E-state index in [1.807, 2.05) is 25.1 Å². The zero-order valence-corrected chi connectivity index (χ0v) is 21.5. The smallest absolute Gasteiger partial charge is 0.338 e. The summed E-state index contributed by atoms with van der Waals surface area (Å²) in [6.45, 7) is 2.19. The molecule has 0 saturated heterocycles. The number of fused-ring (bicyclic) bond motifs is 8. The Kier molecular flexibility index (Phi) is 4.68. The van der Waals surface area contributed by atoms with Gasteiger partial charge in [0.25, 0.3) is 0 Å². The van der Waals surface area contributed by atoms with Gasteiger partial charge in [0.05, 0.1) is 12.2 Å². The van der Waals surface area contributed by atoms with Crippen LogP contribution in [0.1, 0.15) is 17.3 Å². The predicted molar refractivity (Wildman–Crippen MR) is 164 cm³/mol. The van der Waals surface area contributed by atoms with Crippen molar-refractivity contribution in [1.82, 2.24) is 0 Å². The molecule has 0 atom stereocenters. The Morgan fingerprint density at radius 3 is 1.62 bits per heavy atom. The second-order valence-electron chi connectivity index (χ2n) is 10.1. The van der Waals surface area contributed by atoms with Crippen molar-refractivity contribution in [1.29, 1.82) is 0 Å². The standard InChI is InChI=1S/C37H24O2/c1-2-39-37(38)30-21-11-20-29-33-25-16-8-6-14-23(25)26-18-10-19-27-24-15-7-9-17-28(24)35(36(33)32(26)27)31(34(29)30)22-12-4-3-5-13-22/h3-21H,2H2,1H3. The van der Waals surface area contributed by atoms with E-state index in [4.69, 9.17) is 4.74 Å². The number of carbonyl (C=O) groups is 1. The van der Waals surface area contributed by atoms with E-state index in [9.17, 15) is 4.79 Å². The van der Waals surface area contributed by atoms with E-state index in [1.165, 1.54) is 53.9 Å². The fourth-order valence-corrected chi connectivity index (χ4v) is 6.75. The quantitative estimate of drug-likeness (QED) is 0.137. The summed E-state index contributed by atoms with van der Waals surface area (Å²) < 4.78 is 5.61. The molecule has 8 aromatic carbocycles. The third kappa shape index (κ3) is 2.94. The minimum absolute atomic E-state index is 0.290. The molecule has 0 aromatic heterocycles. The fourth-order valence-electron chi connectivity index (χ4n) is 6.75. The molecule has 8 rings (SSSR count). The zero-order valence-electron chi connectivity index (χ0n) is 21.5. The maximum atomic E-state index is 13.5. The van der Waals surface area contributed by atoms with Gasteiger partial charge in [-0.2, -0.15) is 0 Å². The van der Waals surface area contributed by atoms with E-state index in [1.54, 1.807) is 0 Å². The minimum atomic E-state index is -0.290. The summed E-state index contributed by atoms with van der Waals surface area (Å²) in [5.74, 6) is -0.290. The van der Waals surface area contributed by atoms with Gasteiger partial charge in [0, 0.05) is 5.39 Å². The number of esters is 1. The number of rotatable bonds is 3. The van der Waals surface area contributed by atoms with Crippen LogP contribution in [-0.2, 0) is 4.74 Å². The second kappa shape index (κ2) is 8.28. The monoisotopic (exact) mass is 500 g/mol. The Bertz CT molecular complexity index is 2230. The molecule has 0 heterocycles. The predicted octanol–water partition coefficient (Wildman–Crippen LogP) is 9.89. The van der Waals surface area contributed by atoms with Crippen LogP contribution in [0.4, 0.5) is 0 Å². The normalized spacial score (nSPS) is 11.9. The molecule has 8 aromatic rings. The molecule has 0 spiro atoms. The molecule has 0 fully saturated rings. The van der Waals surface area contributed by atoms with E-state index < -0.39 is 0 Å². The number of ether oxygens (including phenoxy) is 1. The molecular weight excluding hydrogens is 476 g/mol. The molecule has 0 bridgehead atoms. The lowest BCUT2D eigenvalue weighted by atomic mass is 9.79. The topological polar surface area (TPSA) is 26.3 Å². The Hall–Kier alpha value is -4.95. The maximum absolute atomic E-state index is 13.5. The van der Waals surface area contributed by atoms with Crippen LogP contribution in [0.2, 0.25) is 0 Å². The first kappa shape index (κ1) is 22.1. The van der Waals surface area contributed by atoms with Gasteiger partial charge in [-0.05, 0) is 83.4 Å². The van der Waals surface area contributed by atoms with E-state index in [-0.39, 0.29) is 5.97 Å². The van der Waals surface area contributed by atoms with E-state index in [0.717, 1.165) is 21.9 Å². The van der Waals surface area contributed by atoms with Gasteiger partial charge in [0.2, 0.25) is 0 Å². The molecule has 184 valence electrons. The molecule has 0 unspecified atom stereocenters. The van der Waals surface area contributed by atoms with Crippen molar-refractivity contribution in [3.8, 4) is 11.1 Å². The molecule has 0 saturated carbocycles. The van der Waals surface area contributed by atoms with Crippen molar-refractivity contribution >= 4 is 70.6 Å². The third-order valence-corrected chi connectivity index (χ3v) is 8.18. The third-order valence-electron chi connectivity index (χ3n) is 8.18. The Morgan fingerprint density at radius 2 is 0.974 bits per heavy atom. The van der Waals surface area contributed by atoms with E-state index in [2.05, 4.69) is 97.1 Å². The minimum Gasteiger partial charge on any atom is -0.462 e. The van der Waals surface area contributed by atoms with Crippen LogP contribution in [0.15, 0.2) is 115 Å². The lowest BCUT2D eigenvalue weighted by Gasteiger charge is -2.23. The molecule has 0 N–H and O–H groups in total. The van der Waals surface area contributed by atoms with Crippen LogP contribution >= 0.6 is 0 Å². The summed E-state index contributed by atoms with van der Waals surface area (Å²) in [6, 6.07) is 40.6. The van der Waals surface area contributed by atoms with Gasteiger partial charge in [-0.3, -0.25) is 0 Å². The Labute approximate surface area is 225 Å². The first-order chi connectivity index (χ1) is 19.3. The molecule has 0 aliphatic rings. The number of carbonyl (C=O) groups excluding carboxylic acids is 1. The summed E-state index contributed by atoms with van der Waals surface area (Å²) in [4.78, 5) is 13.5. The van der Waals surface area contributed by atoms with Gasteiger partial charge >= 0.3 is 5.97 Å². The largest absolute Gasteiger partial charge is 0.462 e. The fraction of sp³-hybridized carbons (Fsp3) is 0.0541. The summed E-state index contributed by atoms with van der Waals surface area (Å²) in [7, 11) is 0. The molecule has 0 amide bonds. The van der Waals surface area contributed by atoms with Crippen molar-refractivity contribution in [3.05, 3.63) is 121 Å². The average molecular weight is 501 g/mol. The first-order valence-corrected chi connectivity index (χ1v) is 13.5. The molecule has 39 heavy (non-hydrogen) atoms. The zero-order chi connectivity index (χ0) is 26.1. The van der Waals surface area contributed by atoms with Crippen LogP contribution < -0.4 is 0 Å². The average Bonchev–Trinajstić information content (AvgIpc) is 3.00. The maximum Gasteiger partial charge on any atom is 0.338 e. The molecule has 0 aliphatic heterocycles. The first-order valence-electron chi connectivity index (χ1n) is 13.5. The number of hydrogen-bond acceptors (Lipinski definition) is 2. The van der Waals surface area contributed by atoms with Gasteiger partial charge in [0.1, 0.15) is 0 Å². The summed E-state index contributed by atoms with van der Waals surface area (Å²) in [5.41, 5.74) is 2.78. The number of benzene rings is 8. The molecule has 0 aliphatic carbocycles. The van der Waals surface area contributed by atoms with Gasteiger partial charge in [0.15, 0.2) is 0 Å². The van der Waals surface area contributed by atoms with Crippen LogP contribution in [0.3, 0.4) is 0 Å². The highest BCUT2D eigenvalue weighted by Crippen LogP contribution is 2.51. The van der Waals surface area contributed by atoms with Crippen molar-refractivity contribution < 1.29 is 9.53 Å². The SMILES string of the molecule is CCOC(=O)c1cccc2c1c(-c1ccccc1)c1c3ccccc3c3cccc4c5ccccc5c2c1c34. The highest BCUT2D eigenvalue weighted by atomic mass is 16.5. The number of hydrogen-bond donors (Lipinski definition) is 0. The Balaban J connectivity index is 1.82. The van der Waals surface area contributed by atoms with Gasteiger partial charge in [-0.15, -0.1) is 0 Å². The second-order valence-corrected chi connectivity index (χ2v) is 10.1. The summed E-state index contributed by atoms with van der Waals surface area (Å²) in [5, 5.41) is 14.3. The van der Waals surface area contributed by atoms with Crippen LogP contribution in [0, 0.1) is 0 Å². The van der Waals surface area contributed by atoms with Gasteiger partial charge < -0.3 is 4.74 Å². The summed E-state index contributed by atoms with van der Waals surface area (Å²) >= 11 is 0. The van der Waals surface area contributed by atoms with Crippen LogP contribution in [-0.4, -0.2) is 12.6 Å². The highest BCUT2D eigenvalue weighted by molar-refractivity contribution is 6.47. The van der Waals surface area contributed by atoms with Crippen LogP contribution in [0.5, 0.6) is 0 Å². The van der Waals surface area contributed by atoms with Crippen molar-refractivity contribution in [2.75, 3.05) is 6.61 Å². The Morgan fingerprint density at radius 1 is 0.487 bits per heavy atom. The van der Waals surface area contributed by atoms with Crippen LogP contribution in [0.25, 0.3) is 75.8 Å². The van der Waals surface area contributed by atoms with E-state index in [0.29, 0.717) is 12.2 Å². The van der Waals surface area contributed by atoms with Crippen molar-refractivity contribution in [2.24, 2.45) is 0 Å². The lowest BCUT2D eigenvalue weighted by Crippen LogP contribution is -2.06. The lowest BCUT2D eigenvalue weighted by molar-refractivity contribution is 0.0528. The summed E-state index contributed by atoms with van der Waals surface area (Å²) in [6.07, 6.45) is 0. The highest BCUT2D eigenvalue weighted by Gasteiger charge is 2.25. The molecule has 2 nitrogen and oxygen atoms in total. The molecule has 0 radical (unpaired) electrons. The van der Waals surface area contributed by atoms with Gasteiger partial charge in [-0.1, -0.05) is 109 Å². The van der Waals surface area contributed by atoms with E-state index >= 15 is 0 Å². The van der Waals surface area contributed by atoms with Crippen molar-refractivity contribution in [3.63, 3.8) is 0 Å². The molecule has 2 heteroatoms. The van der Waals surface area contributed by atoms with Crippen molar-refractivity contribution in [2.45, 2.75) is 6.92 Å².